The molecule has 2 amide bonds. The van der Waals surface area contributed by atoms with Gasteiger partial charge in [0, 0.05) is 71.8 Å². The minimum atomic E-state index is -0.592. The van der Waals surface area contributed by atoms with Crippen LogP contribution in [0.15, 0.2) is 116 Å². The Morgan fingerprint density at radius 2 is 0.885 bits per heavy atom. The predicted octanol–water partition coefficient (Wildman–Crippen LogP) is 7.63. The van der Waals surface area contributed by atoms with Crippen molar-refractivity contribution in [1.82, 2.24) is 14.8 Å². The van der Waals surface area contributed by atoms with Gasteiger partial charge in [0.15, 0.2) is 11.5 Å². The third-order valence-corrected chi connectivity index (χ3v) is 8.28. The van der Waals surface area contributed by atoms with Gasteiger partial charge in [0.05, 0.1) is 26.6 Å². The molecule has 5 rings (SSSR count). The van der Waals surface area contributed by atoms with Gasteiger partial charge in [-0.05, 0) is 70.8 Å². The lowest BCUT2D eigenvalue weighted by Gasteiger charge is -2.24. The monoisotopic (exact) mass is 703 g/mol. The van der Waals surface area contributed by atoms with Crippen molar-refractivity contribution in [3.8, 4) is 23.0 Å². The Morgan fingerprint density at radius 1 is 0.500 bits per heavy atom. The van der Waals surface area contributed by atoms with Crippen LogP contribution in [0.3, 0.4) is 0 Å². The minimum absolute atomic E-state index is 0.132. The Labute approximate surface area is 305 Å². The molecule has 1 heterocycles. The summed E-state index contributed by atoms with van der Waals surface area (Å²) in [6, 6.07) is 32.5. The standard InChI is InChI=1S/C41H45N5O6/c1-43(2)34-17-13-30(14-18-34)26-45(28-32-9-7-11-36(21-32)49-5)40(47)51-38-23-39(25-42-24-38)52-41(48)46(29-33-10-8-12-37(22-33)50-6)27-31-15-19-35(20-16-31)44(3)4/h7-25H,26-29H2,1-6H3. The van der Waals surface area contributed by atoms with Crippen molar-refractivity contribution in [2.45, 2.75) is 26.2 Å². The van der Waals surface area contributed by atoms with Gasteiger partial charge in [-0.2, -0.15) is 0 Å². The van der Waals surface area contributed by atoms with E-state index in [2.05, 4.69) is 4.98 Å². The summed E-state index contributed by atoms with van der Waals surface area (Å²) in [7, 11) is 11.1. The zero-order valence-electron chi connectivity index (χ0n) is 30.5. The van der Waals surface area contributed by atoms with Crippen LogP contribution in [-0.4, -0.2) is 69.4 Å². The van der Waals surface area contributed by atoms with Gasteiger partial charge in [0.1, 0.15) is 11.5 Å². The zero-order chi connectivity index (χ0) is 37.0. The Morgan fingerprint density at radius 3 is 1.25 bits per heavy atom. The van der Waals surface area contributed by atoms with Crippen LogP contribution in [0.4, 0.5) is 21.0 Å². The first-order valence-corrected chi connectivity index (χ1v) is 16.8. The van der Waals surface area contributed by atoms with Crippen molar-refractivity contribution in [3.05, 3.63) is 138 Å². The van der Waals surface area contributed by atoms with Gasteiger partial charge in [0.25, 0.3) is 0 Å². The Balaban J connectivity index is 1.33. The van der Waals surface area contributed by atoms with Crippen LogP contribution in [0.1, 0.15) is 22.3 Å². The number of amides is 2. The van der Waals surface area contributed by atoms with Gasteiger partial charge < -0.3 is 28.7 Å². The second-order valence-electron chi connectivity index (χ2n) is 12.6. The van der Waals surface area contributed by atoms with Crippen LogP contribution in [0.25, 0.3) is 0 Å². The molecular formula is C41H45N5O6. The number of hydrogen-bond donors (Lipinski definition) is 0. The quantitative estimate of drug-likeness (QED) is 0.116. The molecule has 0 unspecified atom stereocenters. The highest BCUT2D eigenvalue weighted by Gasteiger charge is 2.21. The van der Waals surface area contributed by atoms with E-state index < -0.39 is 12.2 Å². The summed E-state index contributed by atoms with van der Waals surface area (Å²) in [4.78, 5) is 38.9. The summed E-state index contributed by atoms with van der Waals surface area (Å²) in [6.45, 7) is 1.12. The average Bonchev–Trinajstić information content (AvgIpc) is 3.15. The van der Waals surface area contributed by atoms with Crippen LogP contribution in [0.2, 0.25) is 0 Å². The maximum atomic E-state index is 13.7. The number of anilines is 2. The highest BCUT2D eigenvalue weighted by atomic mass is 16.6. The first kappa shape index (κ1) is 37.0. The molecule has 0 aliphatic rings. The van der Waals surface area contributed by atoms with Crippen LogP contribution < -0.4 is 28.7 Å². The maximum absolute atomic E-state index is 13.7. The first-order valence-electron chi connectivity index (χ1n) is 16.8. The number of benzene rings is 4. The van der Waals surface area contributed by atoms with Crippen molar-refractivity contribution < 1.29 is 28.5 Å². The molecule has 0 aliphatic carbocycles. The van der Waals surface area contributed by atoms with E-state index in [1.54, 1.807) is 24.0 Å². The molecule has 0 radical (unpaired) electrons. The molecule has 1 aromatic heterocycles. The Kier molecular flexibility index (Phi) is 12.5. The molecule has 11 heteroatoms. The topological polar surface area (TPSA) is 96.9 Å². The van der Waals surface area contributed by atoms with Gasteiger partial charge in [-0.3, -0.25) is 14.8 Å². The van der Waals surface area contributed by atoms with E-state index in [9.17, 15) is 9.59 Å². The van der Waals surface area contributed by atoms with Crippen LogP contribution >= 0.6 is 0 Å². The number of rotatable bonds is 14. The van der Waals surface area contributed by atoms with E-state index in [0.717, 1.165) is 33.6 Å². The third-order valence-electron chi connectivity index (χ3n) is 8.28. The molecule has 5 aromatic rings. The van der Waals surface area contributed by atoms with Crippen LogP contribution in [0.5, 0.6) is 23.0 Å². The van der Waals surface area contributed by atoms with E-state index in [1.807, 2.05) is 135 Å². The van der Waals surface area contributed by atoms with Crippen molar-refractivity contribution in [3.63, 3.8) is 0 Å². The van der Waals surface area contributed by atoms with E-state index in [0.29, 0.717) is 24.6 Å². The first-order chi connectivity index (χ1) is 25.1. The normalized spacial score (nSPS) is 10.6. The molecule has 0 atom stereocenters. The Bertz CT molecular complexity index is 1800. The van der Waals surface area contributed by atoms with Gasteiger partial charge in [0.2, 0.25) is 0 Å². The Hall–Kier alpha value is -6.23. The lowest BCUT2D eigenvalue weighted by atomic mass is 10.1. The molecular weight excluding hydrogens is 658 g/mol. The van der Waals surface area contributed by atoms with Crippen molar-refractivity contribution in [2.75, 3.05) is 52.2 Å². The molecule has 0 bridgehead atoms. The summed E-state index contributed by atoms with van der Waals surface area (Å²) in [5, 5.41) is 0. The summed E-state index contributed by atoms with van der Waals surface area (Å²) in [5.74, 6) is 1.64. The van der Waals surface area contributed by atoms with E-state index in [1.165, 1.54) is 18.5 Å². The number of aromatic nitrogens is 1. The fourth-order valence-electron chi connectivity index (χ4n) is 5.43. The van der Waals surface area contributed by atoms with E-state index >= 15 is 0 Å². The van der Waals surface area contributed by atoms with Crippen LogP contribution in [-0.2, 0) is 26.2 Å². The third kappa shape index (κ3) is 10.4. The fourth-order valence-corrected chi connectivity index (χ4v) is 5.43. The number of nitrogens with zero attached hydrogens (tertiary/aromatic N) is 5. The van der Waals surface area contributed by atoms with Gasteiger partial charge in [-0.15, -0.1) is 0 Å². The molecule has 0 spiro atoms. The number of pyridine rings is 1. The molecule has 0 saturated carbocycles. The molecule has 0 aliphatic heterocycles. The lowest BCUT2D eigenvalue weighted by molar-refractivity contribution is 0.144. The largest absolute Gasteiger partial charge is 0.497 e. The van der Waals surface area contributed by atoms with Gasteiger partial charge >= 0.3 is 12.2 Å². The number of carbonyl (C=O) groups excluding carboxylic acids is 2. The van der Waals surface area contributed by atoms with Crippen molar-refractivity contribution >= 4 is 23.6 Å². The zero-order valence-corrected chi connectivity index (χ0v) is 30.5. The molecule has 0 N–H and O–H groups in total. The van der Waals surface area contributed by atoms with E-state index in [4.69, 9.17) is 18.9 Å². The fraction of sp³-hybridized carbons (Fsp3) is 0.244. The van der Waals surface area contributed by atoms with Gasteiger partial charge in [-0.25, -0.2) is 9.59 Å². The number of hydrogen-bond acceptors (Lipinski definition) is 9. The lowest BCUT2D eigenvalue weighted by Crippen LogP contribution is -2.33. The molecule has 0 saturated heterocycles. The summed E-state index contributed by atoms with van der Waals surface area (Å²) < 4.78 is 22.5. The molecule has 52 heavy (non-hydrogen) atoms. The number of ether oxygens (including phenoxy) is 4. The highest BCUT2D eigenvalue weighted by molar-refractivity contribution is 5.72. The predicted molar refractivity (Wildman–Crippen MR) is 202 cm³/mol. The van der Waals surface area contributed by atoms with Crippen molar-refractivity contribution in [2.24, 2.45) is 0 Å². The SMILES string of the molecule is COc1cccc(CN(Cc2ccc(N(C)C)cc2)C(=O)Oc2cncc(OC(=O)N(Cc3ccc(N(C)C)cc3)Cc3cccc(OC)c3)c2)c1. The van der Waals surface area contributed by atoms with Crippen LogP contribution in [0, 0.1) is 0 Å². The molecule has 11 nitrogen and oxygen atoms in total. The molecule has 0 fully saturated rings. The molecule has 4 aromatic carbocycles. The molecule has 270 valence electrons. The smallest absolute Gasteiger partial charge is 0.415 e. The summed E-state index contributed by atoms with van der Waals surface area (Å²) in [5.41, 5.74) is 5.70. The highest BCUT2D eigenvalue weighted by Crippen LogP contribution is 2.24. The van der Waals surface area contributed by atoms with Crippen molar-refractivity contribution in [1.29, 1.82) is 0 Å². The number of methoxy groups -OCH3 is 2. The van der Waals surface area contributed by atoms with E-state index in [-0.39, 0.29) is 24.6 Å². The minimum Gasteiger partial charge on any atom is -0.497 e. The average molecular weight is 704 g/mol. The maximum Gasteiger partial charge on any atom is 0.415 e. The second-order valence-corrected chi connectivity index (χ2v) is 12.6. The van der Waals surface area contributed by atoms with Gasteiger partial charge in [-0.1, -0.05) is 48.5 Å². The summed E-state index contributed by atoms with van der Waals surface area (Å²) in [6.07, 6.45) is 1.63. The summed E-state index contributed by atoms with van der Waals surface area (Å²) >= 11 is 0. The number of carbonyl (C=O) groups is 2. The second kappa shape index (κ2) is 17.6.